The molecule has 10 nitrogen and oxygen atoms in total. The number of nitrogens with one attached hydrogen (secondary N) is 3. The van der Waals surface area contributed by atoms with Crippen LogP contribution in [0.15, 0.2) is 48.8 Å². The fraction of sp³-hybridized carbons (Fsp3) is 0.150. The number of ether oxygens (including phenoxy) is 3. The number of benzene rings is 2. The Morgan fingerprint density at radius 3 is 2.80 bits per heavy atom. The Labute approximate surface area is 172 Å². The van der Waals surface area contributed by atoms with E-state index in [4.69, 9.17) is 19.9 Å². The molecule has 1 aromatic heterocycles. The third kappa shape index (κ3) is 3.97. The molecule has 1 aliphatic rings. The number of methoxy groups -OCH3 is 1. The summed E-state index contributed by atoms with van der Waals surface area (Å²) in [5, 5.41) is 3.15. The van der Waals surface area contributed by atoms with Gasteiger partial charge in [-0.2, -0.15) is 0 Å². The summed E-state index contributed by atoms with van der Waals surface area (Å²) in [6, 6.07) is 12.5. The number of para-hydroxylation sites is 1. The second-order valence-corrected chi connectivity index (χ2v) is 6.31. The Balaban J connectivity index is 1.41. The Morgan fingerprint density at radius 2 is 1.93 bits per heavy atom. The summed E-state index contributed by atoms with van der Waals surface area (Å²) in [4.78, 5) is 20.7. The van der Waals surface area contributed by atoms with Gasteiger partial charge in [0, 0.05) is 6.54 Å². The van der Waals surface area contributed by atoms with Crippen molar-refractivity contribution in [3.8, 4) is 17.2 Å². The molecule has 2 aromatic carbocycles. The lowest BCUT2D eigenvalue weighted by atomic mass is 10.2. The number of nitrogen functional groups attached to an aromatic ring is 1. The molecule has 0 saturated carbocycles. The number of carbonyl (C=O) groups is 1. The van der Waals surface area contributed by atoms with Gasteiger partial charge in [-0.05, 0) is 29.8 Å². The lowest BCUT2D eigenvalue weighted by molar-refractivity contribution is 0.0959. The average Bonchev–Trinajstić information content (AvgIpc) is 3.25. The minimum Gasteiger partial charge on any atom is -0.496 e. The Bertz CT molecular complexity index is 1070. The zero-order valence-electron chi connectivity index (χ0n) is 16.1. The summed E-state index contributed by atoms with van der Waals surface area (Å²) >= 11 is 0. The van der Waals surface area contributed by atoms with Crippen LogP contribution in [-0.4, -0.2) is 29.8 Å². The molecule has 0 fully saturated rings. The molecule has 10 heteroatoms. The largest absolute Gasteiger partial charge is 0.496 e. The summed E-state index contributed by atoms with van der Waals surface area (Å²) in [5.74, 6) is 2.18. The molecule has 0 aliphatic carbocycles. The molecule has 1 amide bonds. The van der Waals surface area contributed by atoms with Gasteiger partial charge in [-0.25, -0.2) is 9.97 Å². The lowest BCUT2D eigenvalue weighted by Crippen LogP contribution is -2.30. The third-order valence-corrected chi connectivity index (χ3v) is 4.43. The highest BCUT2D eigenvalue weighted by Crippen LogP contribution is 2.33. The van der Waals surface area contributed by atoms with E-state index in [9.17, 15) is 4.79 Å². The number of fused-ring (bicyclic) bond motifs is 1. The first kappa shape index (κ1) is 19.1. The fourth-order valence-corrected chi connectivity index (χ4v) is 2.89. The summed E-state index contributed by atoms with van der Waals surface area (Å²) < 4.78 is 15.9. The van der Waals surface area contributed by atoms with E-state index in [1.807, 2.05) is 18.2 Å². The van der Waals surface area contributed by atoms with Gasteiger partial charge in [0.15, 0.2) is 23.1 Å². The van der Waals surface area contributed by atoms with Crippen LogP contribution in [0.3, 0.4) is 0 Å². The molecule has 0 bridgehead atoms. The van der Waals surface area contributed by atoms with E-state index >= 15 is 0 Å². The van der Waals surface area contributed by atoms with Crippen LogP contribution < -0.4 is 36.1 Å². The van der Waals surface area contributed by atoms with Gasteiger partial charge in [0.1, 0.15) is 17.8 Å². The SMILES string of the molecule is COc1ccccc1C(=O)NNc1ncnc(NCc2ccc3c(c2)OCO3)c1N. The molecule has 5 N–H and O–H groups in total. The van der Waals surface area contributed by atoms with Gasteiger partial charge < -0.3 is 25.3 Å². The molecule has 4 rings (SSSR count). The maximum Gasteiger partial charge on any atom is 0.273 e. The number of rotatable bonds is 7. The highest BCUT2D eigenvalue weighted by molar-refractivity contribution is 5.97. The van der Waals surface area contributed by atoms with Crippen molar-refractivity contribution < 1.29 is 19.0 Å². The van der Waals surface area contributed by atoms with Gasteiger partial charge in [-0.1, -0.05) is 18.2 Å². The number of amides is 1. The molecule has 154 valence electrons. The van der Waals surface area contributed by atoms with Crippen molar-refractivity contribution in [2.45, 2.75) is 6.54 Å². The quantitative estimate of drug-likeness (QED) is 0.434. The van der Waals surface area contributed by atoms with Crippen molar-refractivity contribution in [2.24, 2.45) is 0 Å². The Kier molecular flexibility index (Phi) is 5.37. The van der Waals surface area contributed by atoms with Crippen LogP contribution in [0.5, 0.6) is 17.2 Å². The first-order chi connectivity index (χ1) is 14.7. The molecule has 0 spiro atoms. The second-order valence-electron chi connectivity index (χ2n) is 6.31. The van der Waals surface area contributed by atoms with Gasteiger partial charge in [0.05, 0.1) is 12.7 Å². The molecule has 3 aromatic rings. The van der Waals surface area contributed by atoms with Crippen LogP contribution in [0.25, 0.3) is 0 Å². The first-order valence-corrected chi connectivity index (χ1v) is 9.08. The first-order valence-electron chi connectivity index (χ1n) is 9.08. The van der Waals surface area contributed by atoms with Crippen LogP contribution in [0.2, 0.25) is 0 Å². The average molecular weight is 408 g/mol. The second kappa shape index (κ2) is 8.43. The Hall–Kier alpha value is -4.21. The van der Waals surface area contributed by atoms with Crippen LogP contribution in [0, 0.1) is 0 Å². The smallest absolute Gasteiger partial charge is 0.273 e. The van der Waals surface area contributed by atoms with Crippen molar-refractivity contribution in [2.75, 3.05) is 30.4 Å². The predicted octanol–water partition coefficient (Wildman–Crippen LogP) is 2.17. The maximum absolute atomic E-state index is 12.4. The van der Waals surface area contributed by atoms with Gasteiger partial charge >= 0.3 is 0 Å². The van der Waals surface area contributed by atoms with Crippen molar-refractivity contribution >= 4 is 23.2 Å². The minimum atomic E-state index is -0.389. The lowest BCUT2D eigenvalue weighted by Gasteiger charge is -2.14. The standard InChI is InChI=1S/C20H20N6O4/c1-28-14-5-3-2-4-13(14)20(27)26-25-19-17(21)18(23-10-24-19)22-9-12-6-7-15-16(8-12)30-11-29-15/h2-8,10H,9,11,21H2,1H3,(H,26,27)(H2,22,23,24,25). The van der Waals surface area contributed by atoms with Crippen LogP contribution in [0.4, 0.5) is 17.3 Å². The number of anilines is 3. The topological polar surface area (TPSA) is 133 Å². The van der Waals surface area contributed by atoms with Crippen LogP contribution in [0.1, 0.15) is 15.9 Å². The third-order valence-electron chi connectivity index (χ3n) is 4.43. The van der Waals surface area contributed by atoms with Crippen molar-refractivity contribution in [3.05, 3.63) is 59.9 Å². The number of nitrogens with two attached hydrogens (primary N) is 1. The highest BCUT2D eigenvalue weighted by Gasteiger charge is 2.15. The zero-order valence-corrected chi connectivity index (χ0v) is 16.1. The molecular weight excluding hydrogens is 388 g/mol. The minimum absolute atomic E-state index is 0.223. The monoisotopic (exact) mass is 408 g/mol. The van der Waals surface area contributed by atoms with E-state index in [-0.39, 0.29) is 24.2 Å². The Morgan fingerprint density at radius 1 is 1.13 bits per heavy atom. The molecule has 1 aliphatic heterocycles. The number of carbonyl (C=O) groups excluding carboxylic acids is 1. The van der Waals surface area contributed by atoms with Gasteiger partial charge in [-0.3, -0.25) is 15.6 Å². The van der Waals surface area contributed by atoms with Gasteiger partial charge in [0.25, 0.3) is 5.91 Å². The molecule has 0 saturated heterocycles. The molecule has 0 atom stereocenters. The number of nitrogens with zero attached hydrogens (tertiary/aromatic N) is 2. The summed E-state index contributed by atoms with van der Waals surface area (Å²) in [6.07, 6.45) is 1.34. The molecular formula is C20H20N6O4. The molecule has 0 unspecified atom stereocenters. The van der Waals surface area contributed by atoms with E-state index in [1.54, 1.807) is 24.3 Å². The van der Waals surface area contributed by atoms with E-state index in [2.05, 4.69) is 26.1 Å². The zero-order chi connectivity index (χ0) is 20.9. The highest BCUT2D eigenvalue weighted by atomic mass is 16.7. The molecule has 2 heterocycles. The summed E-state index contributed by atoms with van der Waals surface area (Å²) in [7, 11) is 1.50. The van der Waals surface area contributed by atoms with Crippen molar-refractivity contribution in [1.82, 2.24) is 15.4 Å². The predicted molar refractivity (Wildman–Crippen MR) is 110 cm³/mol. The van der Waals surface area contributed by atoms with Gasteiger partial charge in [-0.15, -0.1) is 0 Å². The maximum atomic E-state index is 12.4. The number of hydrogen-bond donors (Lipinski definition) is 4. The van der Waals surface area contributed by atoms with Crippen molar-refractivity contribution in [3.63, 3.8) is 0 Å². The number of hydrazine groups is 1. The van der Waals surface area contributed by atoms with E-state index in [0.717, 1.165) is 11.3 Å². The summed E-state index contributed by atoms with van der Waals surface area (Å²) in [6.45, 7) is 0.686. The fourth-order valence-electron chi connectivity index (χ4n) is 2.89. The van der Waals surface area contributed by atoms with Crippen LogP contribution >= 0.6 is 0 Å². The normalized spacial score (nSPS) is 11.6. The number of aromatic nitrogens is 2. The van der Waals surface area contributed by atoms with Crippen LogP contribution in [-0.2, 0) is 6.54 Å². The van der Waals surface area contributed by atoms with E-state index in [1.165, 1.54) is 13.4 Å². The summed E-state index contributed by atoms with van der Waals surface area (Å²) in [5.41, 5.74) is 13.0. The van der Waals surface area contributed by atoms with Gasteiger partial charge in [0.2, 0.25) is 6.79 Å². The van der Waals surface area contributed by atoms with E-state index < -0.39 is 0 Å². The number of hydrogen-bond acceptors (Lipinski definition) is 9. The molecule has 0 radical (unpaired) electrons. The van der Waals surface area contributed by atoms with E-state index in [0.29, 0.717) is 29.4 Å². The van der Waals surface area contributed by atoms with Crippen molar-refractivity contribution in [1.29, 1.82) is 0 Å². The molecule has 30 heavy (non-hydrogen) atoms.